The third kappa shape index (κ3) is 2.87. The molecule has 0 radical (unpaired) electrons. The fourth-order valence-corrected chi connectivity index (χ4v) is 2.66. The molecule has 0 atom stereocenters. The maximum absolute atomic E-state index is 12.1. The Balaban J connectivity index is 1.76. The first-order valence-corrected chi connectivity index (χ1v) is 7.39. The Morgan fingerprint density at radius 1 is 1.19 bits per heavy atom. The second-order valence-electron chi connectivity index (χ2n) is 4.67. The molecule has 5 heteroatoms. The van der Waals surface area contributed by atoms with E-state index in [0.29, 0.717) is 11.3 Å². The number of rotatable bonds is 3. The Morgan fingerprint density at radius 3 is 2.52 bits per heavy atom. The number of thiazole rings is 1. The molecule has 1 N–H and O–H groups in total. The molecule has 21 heavy (non-hydrogen) atoms. The normalized spacial score (nSPS) is 10.6. The number of benzene rings is 1. The van der Waals surface area contributed by atoms with E-state index in [1.54, 1.807) is 24.3 Å². The van der Waals surface area contributed by atoms with Crippen molar-refractivity contribution in [1.82, 2.24) is 4.98 Å². The minimum atomic E-state index is -0.168. The highest BCUT2D eigenvalue weighted by atomic mass is 32.1. The molecular weight excluding hydrogens is 284 g/mol. The third-order valence-corrected chi connectivity index (χ3v) is 3.93. The topological polar surface area (TPSA) is 55.1 Å². The molecular formula is C16H14N2O2S. The number of amides is 1. The summed E-state index contributed by atoms with van der Waals surface area (Å²) in [5.74, 6) is 0.445. The molecule has 0 saturated heterocycles. The van der Waals surface area contributed by atoms with Gasteiger partial charge in [0, 0.05) is 16.6 Å². The molecule has 0 unspecified atom stereocenters. The Hall–Kier alpha value is -2.40. The van der Waals surface area contributed by atoms with Crippen LogP contribution in [0.4, 0.5) is 5.69 Å². The number of aromatic nitrogens is 1. The molecule has 106 valence electrons. The van der Waals surface area contributed by atoms with Gasteiger partial charge in [-0.1, -0.05) is 12.1 Å². The van der Waals surface area contributed by atoms with Gasteiger partial charge >= 0.3 is 0 Å². The Labute approximate surface area is 126 Å². The van der Waals surface area contributed by atoms with E-state index in [-0.39, 0.29) is 5.91 Å². The first-order valence-electron chi connectivity index (χ1n) is 6.51. The van der Waals surface area contributed by atoms with Crippen LogP contribution in [0.15, 0.2) is 46.4 Å². The van der Waals surface area contributed by atoms with Crippen molar-refractivity contribution in [1.29, 1.82) is 0 Å². The summed E-state index contributed by atoms with van der Waals surface area (Å²) in [4.78, 5) is 16.5. The summed E-state index contributed by atoms with van der Waals surface area (Å²) >= 11 is 1.62. The van der Waals surface area contributed by atoms with Crippen molar-refractivity contribution >= 4 is 22.9 Å². The molecule has 0 spiro atoms. The van der Waals surface area contributed by atoms with Crippen LogP contribution < -0.4 is 5.32 Å². The molecule has 0 aliphatic heterocycles. The van der Waals surface area contributed by atoms with Gasteiger partial charge in [0.15, 0.2) is 0 Å². The molecule has 0 aliphatic carbocycles. The molecule has 0 fully saturated rings. The fourth-order valence-electron chi connectivity index (χ4n) is 2.04. The second-order valence-corrected chi connectivity index (χ2v) is 5.74. The zero-order valence-electron chi connectivity index (χ0n) is 11.7. The van der Waals surface area contributed by atoms with Gasteiger partial charge in [-0.05, 0) is 32.0 Å². The van der Waals surface area contributed by atoms with Gasteiger partial charge in [0.1, 0.15) is 5.76 Å². The number of hydrogen-bond acceptors (Lipinski definition) is 4. The summed E-state index contributed by atoms with van der Waals surface area (Å²) in [6.07, 6.45) is 1.51. The molecule has 1 amide bonds. The van der Waals surface area contributed by atoms with Gasteiger partial charge in [-0.15, -0.1) is 11.3 Å². The second kappa shape index (κ2) is 5.54. The van der Waals surface area contributed by atoms with E-state index < -0.39 is 0 Å². The van der Waals surface area contributed by atoms with Gasteiger partial charge in [0.05, 0.1) is 22.5 Å². The lowest BCUT2D eigenvalue weighted by molar-refractivity contribution is 0.102. The van der Waals surface area contributed by atoms with Crippen LogP contribution in [0.3, 0.4) is 0 Å². The number of carbonyl (C=O) groups excluding carboxylic acids is 1. The quantitative estimate of drug-likeness (QED) is 0.785. The highest BCUT2D eigenvalue weighted by Crippen LogP contribution is 2.23. The number of nitrogens with zero attached hydrogens (tertiary/aromatic N) is 1. The molecule has 2 heterocycles. The number of hydrogen-bond donors (Lipinski definition) is 1. The zero-order chi connectivity index (χ0) is 14.8. The number of carbonyl (C=O) groups is 1. The first kappa shape index (κ1) is 13.6. The van der Waals surface area contributed by atoms with Crippen molar-refractivity contribution in [2.45, 2.75) is 13.8 Å². The molecule has 1 aromatic carbocycles. The summed E-state index contributed by atoms with van der Waals surface area (Å²) in [5, 5.41) is 5.92. The lowest BCUT2D eigenvalue weighted by Gasteiger charge is -2.05. The van der Waals surface area contributed by atoms with Crippen LogP contribution in [-0.2, 0) is 0 Å². The largest absolute Gasteiger partial charge is 0.469 e. The van der Waals surface area contributed by atoms with Crippen molar-refractivity contribution in [3.63, 3.8) is 0 Å². The van der Waals surface area contributed by atoms with Gasteiger partial charge in [0.2, 0.25) is 0 Å². The van der Waals surface area contributed by atoms with E-state index in [9.17, 15) is 4.79 Å². The van der Waals surface area contributed by atoms with E-state index in [0.717, 1.165) is 22.0 Å². The Bertz CT molecular complexity index is 772. The summed E-state index contributed by atoms with van der Waals surface area (Å²) in [6.45, 7) is 3.75. The van der Waals surface area contributed by atoms with Gasteiger partial charge in [-0.2, -0.15) is 0 Å². The lowest BCUT2D eigenvalue weighted by Crippen LogP contribution is -2.11. The van der Waals surface area contributed by atoms with Crippen LogP contribution in [0.1, 0.15) is 21.1 Å². The van der Waals surface area contributed by atoms with Gasteiger partial charge < -0.3 is 9.73 Å². The smallest absolute Gasteiger partial charge is 0.259 e. The standard InChI is InChI=1S/C16H14N2O2S/c1-10-14(7-8-20-10)16(19)18-13-5-3-12(4-6-13)15-9-21-11(2)17-15/h3-9H,1-2H3,(H,18,19). The zero-order valence-corrected chi connectivity index (χ0v) is 12.5. The van der Waals surface area contributed by atoms with Crippen LogP contribution in [-0.4, -0.2) is 10.9 Å². The summed E-state index contributed by atoms with van der Waals surface area (Å²) in [5.41, 5.74) is 3.29. The molecule has 2 aromatic heterocycles. The van der Waals surface area contributed by atoms with E-state index in [1.807, 2.05) is 36.6 Å². The lowest BCUT2D eigenvalue weighted by atomic mass is 10.1. The molecule has 0 saturated carbocycles. The summed E-state index contributed by atoms with van der Waals surface area (Å²) < 4.78 is 5.13. The Morgan fingerprint density at radius 2 is 1.95 bits per heavy atom. The summed E-state index contributed by atoms with van der Waals surface area (Å²) in [7, 11) is 0. The number of furan rings is 1. The van der Waals surface area contributed by atoms with Crippen molar-refractivity contribution in [2.75, 3.05) is 5.32 Å². The Kier molecular flexibility index (Phi) is 3.58. The minimum absolute atomic E-state index is 0.168. The van der Waals surface area contributed by atoms with Gasteiger partial charge in [-0.25, -0.2) is 4.98 Å². The number of anilines is 1. The van der Waals surface area contributed by atoms with Crippen LogP contribution in [0, 0.1) is 13.8 Å². The van der Waals surface area contributed by atoms with Gasteiger partial charge in [0.25, 0.3) is 5.91 Å². The van der Waals surface area contributed by atoms with E-state index in [2.05, 4.69) is 10.3 Å². The highest BCUT2D eigenvalue weighted by Gasteiger charge is 2.11. The van der Waals surface area contributed by atoms with Crippen molar-refractivity contribution < 1.29 is 9.21 Å². The first-order chi connectivity index (χ1) is 10.1. The van der Waals surface area contributed by atoms with E-state index >= 15 is 0 Å². The molecule has 3 aromatic rings. The maximum atomic E-state index is 12.1. The molecule has 4 nitrogen and oxygen atoms in total. The van der Waals surface area contributed by atoms with Crippen molar-refractivity contribution in [2.24, 2.45) is 0 Å². The molecule has 0 bridgehead atoms. The SMILES string of the molecule is Cc1nc(-c2ccc(NC(=O)c3ccoc3C)cc2)cs1. The average Bonchev–Trinajstić information content (AvgIpc) is 3.08. The van der Waals surface area contributed by atoms with E-state index in [1.165, 1.54) is 6.26 Å². The van der Waals surface area contributed by atoms with Crippen molar-refractivity contribution in [3.8, 4) is 11.3 Å². The molecule has 3 rings (SSSR count). The number of nitrogens with one attached hydrogen (secondary N) is 1. The number of aryl methyl sites for hydroxylation is 2. The fraction of sp³-hybridized carbons (Fsp3) is 0.125. The summed E-state index contributed by atoms with van der Waals surface area (Å²) in [6, 6.07) is 9.31. The van der Waals surface area contributed by atoms with Crippen molar-refractivity contribution in [3.05, 3.63) is 58.3 Å². The molecule has 0 aliphatic rings. The monoisotopic (exact) mass is 298 g/mol. The third-order valence-electron chi connectivity index (χ3n) is 3.16. The van der Waals surface area contributed by atoms with Gasteiger partial charge in [-0.3, -0.25) is 4.79 Å². The predicted octanol–water partition coefficient (Wildman–Crippen LogP) is 4.27. The predicted molar refractivity (Wildman–Crippen MR) is 83.7 cm³/mol. The van der Waals surface area contributed by atoms with Crippen LogP contribution in [0.2, 0.25) is 0 Å². The van der Waals surface area contributed by atoms with Crippen LogP contribution in [0.5, 0.6) is 0 Å². The van der Waals surface area contributed by atoms with E-state index in [4.69, 9.17) is 4.42 Å². The highest BCUT2D eigenvalue weighted by molar-refractivity contribution is 7.09. The maximum Gasteiger partial charge on any atom is 0.259 e. The minimum Gasteiger partial charge on any atom is -0.469 e. The van der Waals surface area contributed by atoms with Crippen LogP contribution in [0.25, 0.3) is 11.3 Å². The average molecular weight is 298 g/mol. The van der Waals surface area contributed by atoms with Crippen LogP contribution >= 0.6 is 11.3 Å².